The number of benzene rings is 1. The van der Waals surface area contributed by atoms with Crippen molar-refractivity contribution in [2.24, 2.45) is 0 Å². The molecule has 14 heavy (non-hydrogen) atoms. The second-order valence-electron chi connectivity index (χ2n) is 3.60. The lowest BCUT2D eigenvalue weighted by Gasteiger charge is -2.17. The zero-order valence-corrected chi connectivity index (χ0v) is 10.2. The van der Waals surface area contributed by atoms with Crippen LogP contribution in [0, 0.1) is 10.5 Å². The molecular formula is C11H12INO. The molecule has 1 aliphatic rings. The third kappa shape index (κ3) is 1.78. The van der Waals surface area contributed by atoms with Gasteiger partial charge >= 0.3 is 0 Å². The van der Waals surface area contributed by atoms with Crippen LogP contribution in [0.1, 0.15) is 18.4 Å². The van der Waals surface area contributed by atoms with Gasteiger partial charge in [0.05, 0.1) is 5.69 Å². The van der Waals surface area contributed by atoms with Gasteiger partial charge in [-0.05, 0) is 53.6 Å². The first kappa shape index (κ1) is 9.96. The van der Waals surface area contributed by atoms with Crippen molar-refractivity contribution in [2.75, 3.05) is 11.4 Å². The summed E-state index contributed by atoms with van der Waals surface area (Å²) in [5.41, 5.74) is 2.31. The predicted octanol–water partition coefficient (Wildman–Crippen LogP) is 2.73. The van der Waals surface area contributed by atoms with Crippen LogP contribution in [0.15, 0.2) is 18.2 Å². The molecule has 0 atom stereocenters. The van der Waals surface area contributed by atoms with Gasteiger partial charge in [0.1, 0.15) is 0 Å². The highest BCUT2D eigenvalue weighted by atomic mass is 127. The Morgan fingerprint density at radius 3 is 2.79 bits per heavy atom. The summed E-state index contributed by atoms with van der Waals surface area (Å²) in [4.78, 5) is 13.4. The molecule has 1 amide bonds. The number of nitrogens with zero attached hydrogens (tertiary/aromatic N) is 1. The Morgan fingerprint density at radius 1 is 1.43 bits per heavy atom. The van der Waals surface area contributed by atoms with Crippen LogP contribution in [0.25, 0.3) is 0 Å². The first-order valence-electron chi connectivity index (χ1n) is 4.75. The maximum Gasteiger partial charge on any atom is 0.227 e. The zero-order chi connectivity index (χ0) is 10.1. The number of halogens is 1. The van der Waals surface area contributed by atoms with E-state index >= 15 is 0 Å². The molecule has 1 saturated heterocycles. The second kappa shape index (κ2) is 3.88. The minimum Gasteiger partial charge on any atom is -0.311 e. The van der Waals surface area contributed by atoms with Gasteiger partial charge in [0, 0.05) is 16.5 Å². The minimum absolute atomic E-state index is 0.256. The fourth-order valence-corrected chi connectivity index (χ4v) is 2.70. The highest BCUT2D eigenvalue weighted by Gasteiger charge is 2.22. The average Bonchev–Trinajstić information content (AvgIpc) is 2.52. The summed E-state index contributed by atoms with van der Waals surface area (Å²) < 4.78 is 1.16. The summed E-state index contributed by atoms with van der Waals surface area (Å²) in [5, 5.41) is 0. The fraction of sp³-hybridized carbons (Fsp3) is 0.364. The topological polar surface area (TPSA) is 20.3 Å². The summed E-state index contributed by atoms with van der Waals surface area (Å²) >= 11 is 2.29. The molecule has 74 valence electrons. The lowest BCUT2D eigenvalue weighted by molar-refractivity contribution is -0.117. The van der Waals surface area contributed by atoms with Crippen LogP contribution in [0.5, 0.6) is 0 Å². The van der Waals surface area contributed by atoms with Crippen molar-refractivity contribution in [2.45, 2.75) is 19.8 Å². The molecule has 1 heterocycles. The standard InChI is InChI=1S/C11H12INO/c1-8-4-5-10(9(12)7-8)13-6-2-3-11(13)14/h4-5,7H,2-3,6H2,1H3. The quantitative estimate of drug-likeness (QED) is 0.730. The fourth-order valence-electron chi connectivity index (χ4n) is 1.73. The molecule has 0 radical (unpaired) electrons. The number of rotatable bonds is 1. The molecule has 2 nitrogen and oxygen atoms in total. The van der Waals surface area contributed by atoms with Crippen LogP contribution in [0.2, 0.25) is 0 Å². The number of amides is 1. The van der Waals surface area contributed by atoms with Crippen molar-refractivity contribution in [3.8, 4) is 0 Å². The molecule has 1 aromatic carbocycles. The Balaban J connectivity index is 2.36. The SMILES string of the molecule is Cc1ccc(N2CCCC2=O)c(I)c1. The van der Waals surface area contributed by atoms with Crippen LogP contribution in [-0.4, -0.2) is 12.5 Å². The summed E-state index contributed by atoms with van der Waals surface area (Å²) in [6, 6.07) is 6.21. The van der Waals surface area contributed by atoms with E-state index in [1.807, 2.05) is 11.0 Å². The van der Waals surface area contributed by atoms with Crippen LogP contribution in [-0.2, 0) is 4.79 Å². The third-order valence-electron chi connectivity index (χ3n) is 2.47. The molecule has 0 N–H and O–H groups in total. The van der Waals surface area contributed by atoms with E-state index in [1.165, 1.54) is 5.56 Å². The van der Waals surface area contributed by atoms with Crippen molar-refractivity contribution in [3.63, 3.8) is 0 Å². The van der Waals surface area contributed by atoms with Crippen LogP contribution < -0.4 is 4.90 Å². The molecule has 0 aromatic heterocycles. The molecule has 0 saturated carbocycles. The van der Waals surface area contributed by atoms with E-state index < -0.39 is 0 Å². The number of aryl methyl sites for hydroxylation is 1. The number of hydrogen-bond donors (Lipinski definition) is 0. The summed E-state index contributed by atoms with van der Waals surface area (Å²) in [6.45, 7) is 2.94. The van der Waals surface area contributed by atoms with Gasteiger partial charge in [-0.3, -0.25) is 4.79 Å². The summed E-state index contributed by atoms with van der Waals surface area (Å²) in [5.74, 6) is 0.256. The molecule has 2 rings (SSSR count). The van der Waals surface area contributed by atoms with Gasteiger partial charge in [-0.25, -0.2) is 0 Å². The van der Waals surface area contributed by atoms with Crippen molar-refractivity contribution >= 4 is 34.2 Å². The first-order chi connectivity index (χ1) is 6.68. The molecule has 0 aliphatic carbocycles. The molecular weight excluding hydrogens is 289 g/mol. The number of carbonyl (C=O) groups is 1. The van der Waals surface area contributed by atoms with Gasteiger partial charge in [-0.15, -0.1) is 0 Å². The van der Waals surface area contributed by atoms with Crippen LogP contribution >= 0.6 is 22.6 Å². The van der Waals surface area contributed by atoms with E-state index in [0.717, 1.165) is 22.2 Å². The molecule has 1 fully saturated rings. The molecule has 1 aromatic rings. The van der Waals surface area contributed by atoms with Gasteiger partial charge in [0.15, 0.2) is 0 Å². The van der Waals surface area contributed by atoms with E-state index in [4.69, 9.17) is 0 Å². The van der Waals surface area contributed by atoms with E-state index in [0.29, 0.717) is 6.42 Å². The van der Waals surface area contributed by atoms with Crippen LogP contribution in [0.3, 0.4) is 0 Å². The Bertz CT molecular complexity index is 376. The molecule has 0 bridgehead atoms. The largest absolute Gasteiger partial charge is 0.311 e. The lowest BCUT2D eigenvalue weighted by atomic mass is 10.2. The number of anilines is 1. The first-order valence-corrected chi connectivity index (χ1v) is 5.83. The maximum absolute atomic E-state index is 11.5. The predicted molar refractivity (Wildman–Crippen MR) is 65.5 cm³/mol. The molecule has 0 spiro atoms. The Labute approximate surface area is 97.4 Å². The van der Waals surface area contributed by atoms with E-state index in [2.05, 4.69) is 41.6 Å². The van der Waals surface area contributed by atoms with E-state index in [1.54, 1.807) is 0 Å². The average molecular weight is 301 g/mol. The van der Waals surface area contributed by atoms with Gasteiger partial charge in [0.25, 0.3) is 0 Å². The maximum atomic E-state index is 11.5. The summed E-state index contributed by atoms with van der Waals surface area (Å²) in [7, 11) is 0. The highest BCUT2D eigenvalue weighted by Crippen LogP contribution is 2.27. The van der Waals surface area contributed by atoms with Crippen LogP contribution in [0.4, 0.5) is 5.69 Å². The smallest absolute Gasteiger partial charge is 0.227 e. The molecule has 1 aliphatic heterocycles. The Hall–Kier alpha value is -0.580. The van der Waals surface area contributed by atoms with Crippen molar-refractivity contribution in [3.05, 3.63) is 27.3 Å². The Kier molecular flexibility index (Phi) is 2.76. The molecule has 0 unspecified atom stereocenters. The van der Waals surface area contributed by atoms with E-state index in [-0.39, 0.29) is 5.91 Å². The summed E-state index contributed by atoms with van der Waals surface area (Å²) in [6.07, 6.45) is 1.69. The molecule has 3 heteroatoms. The van der Waals surface area contributed by atoms with Gasteiger partial charge in [0.2, 0.25) is 5.91 Å². The highest BCUT2D eigenvalue weighted by molar-refractivity contribution is 14.1. The number of hydrogen-bond acceptors (Lipinski definition) is 1. The van der Waals surface area contributed by atoms with Gasteiger partial charge in [-0.2, -0.15) is 0 Å². The van der Waals surface area contributed by atoms with E-state index in [9.17, 15) is 4.79 Å². The van der Waals surface area contributed by atoms with Crippen molar-refractivity contribution in [1.82, 2.24) is 0 Å². The normalized spacial score (nSPS) is 16.4. The van der Waals surface area contributed by atoms with Crippen molar-refractivity contribution in [1.29, 1.82) is 0 Å². The minimum atomic E-state index is 0.256. The zero-order valence-electron chi connectivity index (χ0n) is 8.09. The van der Waals surface area contributed by atoms with Gasteiger partial charge < -0.3 is 4.90 Å². The van der Waals surface area contributed by atoms with Crippen molar-refractivity contribution < 1.29 is 4.79 Å². The second-order valence-corrected chi connectivity index (χ2v) is 4.77. The monoisotopic (exact) mass is 301 g/mol. The third-order valence-corrected chi connectivity index (χ3v) is 3.33. The lowest BCUT2D eigenvalue weighted by Crippen LogP contribution is -2.24. The van der Waals surface area contributed by atoms with Gasteiger partial charge in [-0.1, -0.05) is 6.07 Å². The Morgan fingerprint density at radius 2 is 2.21 bits per heavy atom. The number of carbonyl (C=O) groups excluding carboxylic acids is 1.